The second-order valence-corrected chi connectivity index (χ2v) is 3.84. The Labute approximate surface area is 69.1 Å². The Morgan fingerprint density at radius 3 is 2.18 bits per heavy atom. The fourth-order valence-electron chi connectivity index (χ4n) is 0.503. The van der Waals surface area contributed by atoms with Gasteiger partial charge in [-0.15, -0.1) is 0 Å². The molecule has 0 amide bonds. The quantitative estimate of drug-likeness (QED) is 0.440. The van der Waals surface area contributed by atoms with E-state index in [2.05, 4.69) is 38.0 Å². The van der Waals surface area contributed by atoms with Crippen molar-refractivity contribution in [1.82, 2.24) is 5.32 Å². The Morgan fingerprint density at radius 1 is 1.45 bits per heavy atom. The largest absolute Gasteiger partial charge is 0.370 e. The molecule has 0 aromatic carbocycles. The average molecular weight is 157 g/mol. The van der Waals surface area contributed by atoms with Crippen molar-refractivity contribution in [3.8, 4) is 0 Å². The number of rotatable bonds is 1. The summed E-state index contributed by atoms with van der Waals surface area (Å²) >= 11 is 0. The van der Waals surface area contributed by atoms with E-state index in [1.165, 1.54) is 0 Å². The number of guanidine groups is 1. The summed E-state index contributed by atoms with van der Waals surface area (Å²) in [6.45, 7) is 8.58. The predicted molar refractivity (Wildman–Crippen MR) is 49.6 cm³/mol. The van der Waals surface area contributed by atoms with E-state index in [1.54, 1.807) is 7.05 Å². The van der Waals surface area contributed by atoms with Gasteiger partial charge in [0.2, 0.25) is 0 Å². The summed E-state index contributed by atoms with van der Waals surface area (Å²) in [4.78, 5) is 3.83. The van der Waals surface area contributed by atoms with Crippen LogP contribution in [-0.4, -0.2) is 19.0 Å². The first-order chi connectivity index (χ1) is 4.88. The van der Waals surface area contributed by atoms with Crippen LogP contribution >= 0.6 is 0 Å². The zero-order chi connectivity index (χ0) is 9.07. The third kappa shape index (κ3) is 3.86. The van der Waals surface area contributed by atoms with Crippen molar-refractivity contribution < 1.29 is 0 Å². The van der Waals surface area contributed by atoms with Gasteiger partial charge in [-0.2, -0.15) is 0 Å². The maximum absolute atomic E-state index is 5.51. The molecule has 0 radical (unpaired) electrons. The van der Waals surface area contributed by atoms with Crippen molar-refractivity contribution in [1.29, 1.82) is 0 Å². The van der Waals surface area contributed by atoms with Gasteiger partial charge in [-0.3, -0.25) is 4.99 Å². The van der Waals surface area contributed by atoms with Gasteiger partial charge in [-0.05, 0) is 12.3 Å². The SMILES string of the molecule is CN=C(N)NC(C)C(C)(C)C. The van der Waals surface area contributed by atoms with Gasteiger partial charge in [0, 0.05) is 13.1 Å². The number of nitrogens with one attached hydrogen (secondary N) is 1. The molecule has 1 unspecified atom stereocenters. The fraction of sp³-hybridized carbons (Fsp3) is 0.875. The topological polar surface area (TPSA) is 50.4 Å². The van der Waals surface area contributed by atoms with Crippen LogP contribution in [0.5, 0.6) is 0 Å². The summed E-state index contributed by atoms with van der Waals surface area (Å²) in [5, 5.41) is 3.10. The Kier molecular flexibility index (Phi) is 3.36. The zero-order valence-corrected chi connectivity index (χ0v) is 8.10. The summed E-state index contributed by atoms with van der Waals surface area (Å²) < 4.78 is 0. The molecule has 0 spiro atoms. The van der Waals surface area contributed by atoms with Gasteiger partial charge in [-0.1, -0.05) is 20.8 Å². The molecule has 66 valence electrons. The van der Waals surface area contributed by atoms with Gasteiger partial charge >= 0.3 is 0 Å². The van der Waals surface area contributed by atoms with Crippen LogP contribution in [-0.2, 0) is 0 Å². The van der Waals surface area contributed by atoms with Crippen LogP contribution in [0.4, 0.5) is 0 Å². The highest BCUT2D eigenvalue weighted by molar-refractivity contribution is 5.77. The highest BCUT2D eigenvalue weighted by Crippen LogP contribution is 2.17. The minimum Gasteiger partial charge on any atom is -0.370 e. The summed E-state index contributed by atoms with van der Waals surface area (Å²) in [7, 11) is 1.68. The molecule has 0 rings (SSSR count). The van der Waals surface area contributed by atoms with E-state index in [-0.39, 0.29) is 5.41 Å². The van der Waals surface area contributed by atoms with Crippen LogP contribution in [0, 0.1) is 5.41 Å². The maximum atomic E-state index is 5.51. The zero-order valence-electron chi connectivity index (χ0n) is 8.10. The van der Waals surface area contributed by atoms with Gasteiger partial charge < -0.3 is 11.1 Å². The van der Waals surface area contributed by atoms with E-state index >= 15 is 0 Å². The van der Waals surface area contributed by atoms with Crippen LogP contribution in [0.25, 0.3) is 0 Å². The lowest BCUT2D eigenvalue weighted by molar-refractivity contribution is 0.315. The van der Waals surface area contributed by atoms with Crippen LogP contribution in [0.1, 0.15) is 27.7 Å². The predicted octanol–water partition coefficient (Wildman–Crippen LogP) is 0.955. The standard InChI is InChI=1S/C8H19N3/c1-6(8(2,3)4)11-7(9)10-5/h6H,1-5H3,(H3,9,10,11). The summed E-state index contributed by atoms with van der Waals surface area (Å²) in [6.07, 6.45) is 0. The second-order valence-electron chi connectivity index (χ2n) is 3.84. The smallest absolute Gasteiger partial charge is 0.188 e. The molecule has 11 heavy (non-hydrogen) atoms. The minimum atomic E-state index is 0.218. The number of hydrogen-bond donors (Lipinski definition) is 2. The van der Waals surface area contributed by atoms with Gasteiger partial charge in [0.15, 0.2) is 5.96 Å². The van der Waals surface area contributed by atoms with Crippen LogP contribution in [0.2, 0.25) is 0 Å². The lowest BCUT2D eigenvalue weighted by atomic mass is 9.88. The third-order valence-corrected chi connectivity index (χ3v) is 1.90. The molecule has 3 nitrogen and oxygen atoms in total. The van der Waals surface area contributed by atoms with Gasteiger partial charge in [0.25, 0.3) is 0 Å². The van der Waals surface area contributed by atoms with Crippen molar-refractivity contribution in [3.05, 3.63) is 0 Å². The highest BCUT2D eigenvalue weighted by Gasteiger charge is 2.19. The van der Waals surface area contributed by atoms with Gasteiger partial charge in [-0.25, -0.2) is 0 Å². The number of hydrogen-bond acceptors (Lipinski definition) is 1. The first kappa shape index (κ1) is 10.3. The molecule has 0 aliphatic rings. The average Bonchev–Trinajstić information content (AvgIpc) is 1.85. The Hall–Kier alpha value is -0.730. The summed E-state index contributed by atoms with van der Waals surface area (Å²) in [5.74, 6) is 0.507. The van der Waals surface area contributed by atoms with E-state index in [1.807, 2.05) is 0 Å². The highest BCUT2D eigenvalue weighted by atomic mass is 15.1. The molecular weight excluding hydrogens is 138 g/mol. The van der Waals surface area contributed by atoms with Crippen molar-refractivity contribution in [2.75, 3.05) is 7.05 Å². The first-order valence-electron chi connectivity index (χ1n) is 3.86. The maximum Gasteiger partial charge on any atom is 0.188 e. The lowest BCUT2D eigenvalue weighted by Crippen LogP contribution is -2.44. The second kappa shape index (κ2) is 3.60. The molecule has 0 fully saturated rings. The Morgan fingerprint density at radius 2 is 1.91 bits per heavy atom. The Bertz CT molecular complexity index is 144. The van der Waals surface area contributed by atoms with E-state index in [9.17, 15) is 0 Å². The summed E-state index contributed by atoms with van der Waals surface area (Å²) in [5.41, 5.74) is 5.73. The third-order valence-electron chi connectivity index (χ3n) is 1.90. The molecule has 0 aromatic heterocycles. The molecule has 0 bridgehead atoms. The molecule has 0 aliphatic heterocycles. The van der Waals surface area contributed by atoms with Gasteiger partial charge in [0.1, 0.15) is 0 Å². The normalized spacial score (nSPS) is 16.3. The van der Waals surface area contributed by atoms with E-state index in [0.717, 1.165) is 0 Å². The lowest BCUT2D eigenvalue weighted by Gasteiger charge is -2.28. The van der Waals surface area contributed by atoms with E-state index < -0.39 is 0 Å². The van der Waals surface area contributed by atoms with Crippen molar-refractivity contribution in [2.24, 2.45) is 16.1 Å². The monoisotopic (exact) mass is 157 g/mol. The molecule has 0 aliphatic carbocycles. The van der Waals surface area contributed by atoms with E-state index in [0.29, 0.717) is 12.0 Å². The summed E-state index contributed by atoms with van der Waals surface area (Å²) in [6, 6.07) is 0.339. The van der Waals surface area contributed by atoms with Crippen molar-refractivity contribution in [3.63, 3.8) is 0 Å². The van der Waals surface area contributed by atoms with E-state index in [4.69, 9.17) is 5.73 Å². The van der Waals surface area contributed by atoms with Crippen molar-refractivity contribution >= 4 is 5.96 Å². The van der Waals surface area contributed by atoms with Crippen LogP contribution < -0.4 is 11.1 Å². The molecule has 3 heteroatoms. The fourth-order valence-corrected chi connectivity index (χ4v) is 0.503. The van der Waals surface area contributed by atoms with Crippen LogP contribution in [0.15, 0.2) is 4.99 Å². The molecule has 0 saturated carbocycles. The molecule has 0 aromatic rings. The molecule has 1 atom stereocenters. The minimum absolute atomic E-state index is 0.218. The molecule has 0 saturated heterocycles. The van der Waals surface area contributed by atoms with Gasteiger partial charge in [0.05, 0.1) is 0 Å². The molecule has 3 N–H and O–H groups in total. The number of aliphatic imine (C=N–C) groups is 1. The number of nitrogens with zero attached hydrogens (tertiary/aromatic N) is 1. The first-order valence-corrected chi connectivity index (χ1v) is 3.86. The van der Waals surface area contributed by atoms with Crippen molar-refractivity contribution in [2.45, 2.75) is 33.7 Å². The number of nitrogens with two attached hydrogens (primary N) is 1. The molecule has 0 heterocycles. The Balaban J connectivity index is 3.98. The van der Waals surface area contributed by atoms with Crippen LogP contribution in [0.3, 0.4) is 0 Å². The molecular formula is C8H19N3.